The summed E-state index contributed by atoms with van der Waals surface area (Å²) in [6.45, 7) is 2.39. The third kappa shape index (κ3) is 2.20. The average Bonchev–Trinajstić information content (AvgIpc) is 2.70. The van der Waals surface area contributed by atoms with Crippen molar-refractivity contribution in [3.05, 3.63) is 35.6 Å². The van der Waals surface area contributed by atoms with E-state index in [2.05, 4.69) is 0 Å². The molecule has 4 heteroatoms. The van der Waals surface area contributed by atoms with Gasteiger partial charge in [-0.3, -0.25) is 14.5 Å². The van der Waals surface area contributed by atoms with Crippen molar-refractivity contribution in [3.8, 4) is 0 Å². The molecule has 0 saturated carbocycles. The van der Waals surface area contributed by atoms with E-state index in [1.807, 2.05) is 6.92 Å². The van der Waals surface area contributed by atoms with Crippen molar-refractivity contribution in [2.24, 2.45) is 5.92 Å². The maximum absolute atomic E-state index is 13.4. The van der Waals surface area contributed by atoms with Crippen LogP contribution in [0.25, 0.3) is 0 Å². The zero-order valence-electron chi connectivity index (χ0n) is 9.65. The van der Waals surface area contributed by atoms with Crippen molar-refractivity contribution in [3.63, 3.8) is 0 Å². The van der Waals surface area contributed by atoms with E-state index in [1.54, 1.807) is 6.07 Å². The van der Waals surface area contributed by atoms with Crippen molar-refractivity contribution >= 4 is 11.8 Å². The Kier molecular flexibility index (Phi) is 3.22. The molecule has 1 aromatic rings. The highest BCUT2D eigenvalue weighted by atomic mass is 19.1. The normalized spacial score (nSPS) is 19.8. The van der Waals surface area contributed by atoms with Crippen LogP contribution in [0.3, 0.4) is 0 Å². The summed E-state index contributed by atoms with van der Waals surface area (Å²) in [5.74, 6) is -1.10. The molecule has 2 rings (SSSR count). The summed E-state index contributed by atoms with van der Waals surface area (Å²) < 4.78 is 13.4. The van der Waals surface area contributed by atoms with Crippen molar-refractivity contribution in [1.82, 2.24) is 4.90 Å². The highest BCUT2D eigenvalue weighted by Gasteiger charge is 2.34. The third-order valence-electron chi connectivity index (χ3n) is 3.13. The monoisotopic (exact) mass is 235 g/mol. The van der Waals surface area contributed by atoms with Crippen LogP contribution in [-0.2, 0) is 4.79 Å². The molecule has 1 fully saturated rings. The molecule has 1 heterocycles. The van der Waals surface area contributed by atoms with Crippen LogP contribution in [0.2, 0.25) is 0 Å². The van der Waals surface area contributed by atoms with Gasteiger partial charge in [0.2, 0.25) is 5.91 Å². The van der Waals surface area contributed by atoms with Gasteiger partial charge >= 0.3 is 0 Å². The molecule has 1 saturated heterocycles. The number of amides is 2. The van der Waals surface area contributed by atoms with Crippen LogP contribution >= 0.6 is 0 Å². The van der Waals surface area contributed by atoms with Crippen LogP contribution in [-0.4, -0.2) is 23.3 Å². The molecule has 1 aromatic carbocycles. The number of hydrogen-bond acceptors (Lipinski definition) is 2. The van der Waals surface area contributed by atoms with E-state index in [1.165, 1.54) is 18.2 Å². The Labute approximate surface area is 99.2 Å². The second-order valence-electron chi connectivity index (χ2n) is 4.27. The first kappa shape index (κ1) is 11.8. The zero-order chi connectivity index (χ0) is 12.4. The molecular formula is C13H14FNO2. The molecule has 1 aliphatic rings. The largest absolute Gasteiger partial charge is 0.278 e. The summed E-state index contributed by atoms with van der Waals surface area (Å²) in [5, 5.41) is 0. The van der Waals surface area contributed by atoms with Gasteiger partial charge in [-0.1, -0.05) is 25.5 Å². The van der Waals surface area contributed by atoms with Crippen LogP contribution in [0.5, 0.6) is 0 Å². The predicted octanol–water partition coefficient (Wildman–Crippen LogP) is 2.22. The molecule has 0 radical (unpaired) electrons. The SMILES string of the molecule is CCC1CC(=O)N(C(=O)c2ccccc2F)C1. The first-order chi connectivity index (χ1) is 8.13. The topological polar surface area (TPSA) is 37.4 Å². The molecule has 17 heavy (non-hydrogen) atoms. The van der Waals surface area contributed by atoms with Gasteiger partial charge in [-0.2, -0.15) is 0 Å². The van der Waals surface area contributed by atoms with Crippen LogP contribution < -0.4 is 0 Å². The Hall–Kier alpha value is -1.71. The second kappa shape index (κ2) is 4.65. The van der Waals surface area contributed by atoms with Crippen LogP contribution in [0.15, 0.2) is 24.3 Å². The van der Waals surface area contributed by atoms with Gasteiger partial charge in [0.15, 0.2) is 0 Å². The summed E-state index contributed by atoms with van der Waals surface area (Å²) in [4.78, 5) is 24.8. The van der Waals surface area contributed by atoms with E-state index in [0.717, 1.165) is 11.3 Å². The molecule has 1 aliphatic heterocycles. The van der Waals surface area contributed by atoms with Crippen LogP contribution in [0.1, 0.15) is 30.1 Å². The smallest absolute Gasteiger partial charge is 0.263 e. The van der Waals surface area contributed by atoms with Crippen molar-refractivity contribution in [2.75, 3.05) is 6.54 Å². The molecule has 2 amide bonds. The van der Waals surface area contributed by atoms with E-state index < -0.39 is 11.7 Å². The summed E-state index contributed by atoms with van der Waals surface area (Å²) >= 11 is 0. The quantitative estimate of drug-likeness (QED) is 0.737. The Morgan fingerprint density at radius 2 is 2.18 bits per heavy atom. The van der Waals surface area contributed by atoms with E-state index >= 15 is 0 Å². The Morgan fingerprint density at radius 3 is 2.76 bits per heavy atom. The van der Waals surface area contributed by atoms with Crippen molar-refractivity contribution in [1.29, 1.82) is 0 Å². The lowest BCUT2D eigenvalue weighted by Gasteiger charge is -2.14. The number of carbonyl (C=O) groups is 2. The van der Waals surface area contributed by atoms with Crippen LogP contribution in [0.4, 0.5) is 4.39 Å². The molecule has 0 bridgehead atoms. The molecule has 0 aliphatic carbocycles. The van der Waals surface area contributed by atoms with E-state index in [0.29, 0.717) is 13.0 Å². The maximum atomic E-state index is 13.4. The first-order valence-corrected chi connectivity index (χ1v) is 5.72. The van der Waals surface area contributed by atoms with Gasteiger partial charge in [0.05, 0.1) is 5.56 Å². The lowest BCUT2D eigenvalue weighted by atomic mass is 10.1. The molecule has 1 unspecified atom stereocenters. The fourth-order valence-electron chi connectivity index (χ4n) is 2.03. The molecule has 1 atom stereocenters. The number of likely N-dealkylation sites (tertiary alicyclic amines) is 1. The standard InChI is InChI=1S/C13H14FNO2/c1-2-9-7-12(16)15(8-9)13(17)10-5-3-4-6-11(10)14/h3-6,9H,2,7-8H2,1H3. The zero-order valence-corrected chi connectivity index (χ0v) is 9.65. The van der Waals surface area contributed by atoms with Gasteiger partial charge in [0.25, 0.3) is 5.91 Å². The number of benzene rings is 1. The predicted molar refractivity (Wildman–Crippen MR) is 60.8 cm³/mol. The van der Waals surface area contributed by atoms with Gasteiger partial charge in [-0.15, -0.1) is 0 Å². The molecule has 3 nitrogen and oxygen atoms in total. The highest BCUT2D eigenvalue weighted by molar-refractivity contribution is 6.05. The number of halogens is 1. The number of imide groups is 1. The number of carbonyl (C=O) groups excluding carboxylic acids is 2. The summed E-state index contributed by atoms with van der Waals surface area (Å²) in [7, 11) is 0. The van der Waals surface area contributed by atoms with Gasteiger partial charge in [-0.05, 0) is 18.1 Å². The number of hydrogen-bond donors (Lipinski definition) is 0. The van der Waals surface area contributed by atoms with E-state index in [4.69, 9.17) is 0 Å². The fourth-order valence-corrected chi connectivity index (χ4v) is 2.03. The molecule has 0 spiro atoms. The summed E-state index contributed by atoms with van der Waals surface area (Å²) in [6, 6.07) is 5.75. The second-order valence-corrected chi connectivity index (χ2v) is 4.27. The fraction of sp³-hybridized carbons (Fsp3) is 0.385. The van der Waals surface area contributed by atoms with Gasteiger partial charge < -0.3 is 0 Å². The number of nitrogens with zero attached hydrogens (tertiary/aromatic N) is 1. The Balaban J connectivity index is 2.22. The molecule has 0 N–H and O–H groups in total. The van der Waals surface area contributed by atoms with Crippen LogP contribution in [0, 0.1) is 11.7 Å². The van der Waals surface area contributed by atoms with Crippen molar-refractivity contribution < 1.29 is 14.0 Å². The lowest BCUT2D eigenvalue weighted by molar-refractivity contribution is -0.125. The van der Waals surface area contributed by atoms with Gasteiger partial charge in [0, 0.05) is 13.0 Å². The highest BCUT2D eigenvalue weighted by Crippen LogP contribution is 2.23. The average molecular weight is 235 g/mol. The van der Waals surface area contributed by atoms with E-state index in [-0.39, 0.29) is 17.4 Å². The van der Waals surface area contributed by atoms with Gasteiger partial charge in [0.1, 0.15) is 5.82 Å². The Morgan fingerprint density at radius 1 is 1.47 bits per heavy atom. The minimum atomic E-state index is -0.578. The third-order valence-corrected chi connectivity index (χ3v) is 3.13. The Bertz CT molecular complexity index is 458. The number of rotatable bonds is 2. The lowest BCUT2D eigenvalue weighted by Crippen LogP contribution is -2.32. The minimum absolute atomic E-state index is 0.0300. The minimum Gasteiger partial charge on any atom is -0.278 e. The van der Waals surface area contributed by atoms with Crippen molar-refractivity contribution in [2.45, 2.75) is 19.8 Å². The molecule has 90 valence electrons. The molecular weight excluding hydrogens is 221 g/mol. The van der Waals surface area contributed by atoms with E-state index in [9.17, 15) is 14.0 Å². The van der Waals surface area contributed by atoms with Gasteiger partial charge in [-0.25, -0.2) is 4.39 Å². The molecule has 0 aromatic heterocycles. The summed E-state index contributed by atoms with van der Waals surface area (Å²) in [6.07, 6.45) is 1.24. The first-order valence-electron chi connectivity index (χ1n) is 5.72. The summed E-state index contributed by atoms with van der Waals surface area (Å²) in [5.41, 5.74) is -0.0300. The maximum Gasteiger partial charge on any atom is 0.263 e.